The number of phenolic OH excluding ortho intramolecular Hbond substituents is 1. The predicted octanol–water partition coefficient (Wildman–Crippen LogP) is 2.65. The smallest absolute Gasteiger partial charge is 0.490 e. The first-order valence-corrected chi connectivity index (χ1v) is 10.3. The number of ether oxygens (including phenoxy) is 1. The first-order chi connectivity index (χ1) is 14.4. The minimum Gasteiger partial charge on any atom is -0.508 e. The SMILES string of the molecule is N[C@H](c1cc(Cl)c(Cl)cc1O)C1[C@@H]2CC[C@@H]1CN(C(=O)[C@@H](CO)OC(=O)C(F)(F)F)C2. The molecule has 0 unspecified atom stereocenters. The number of rotatable bonds is 5. The molecule has 1 saturated heterocycles. The average molecular weight is 485 g/mol. The molecule has 2 bridgehead atoms. The molecule has 4 N–H and O–H groups in total. The lowest BCUT2D eigenvalue weighted by atomic mass is 9.77. The maximum atomic E-state index is 12.6. The number of carbonyl (C=O) groups is 2. The number of benzene rings is 1. The molecule has 0 radical (unpaired) electrons. The molecular formula is C19H21Cl2F3N2O5. The fraction of sp³-hybridized carbons (Fsp3) is 0.579. The number of hydrogen-bond donors (Lipinski definition) is 3. The summed E-state index contributed by atoms with van der Waals surface area (Å²) in [7, 11) is 0. The van der Waals surface area contributed by atoms with E-state index < -0.39 is 36.8 Å². The van der Waals surface area contributed by atoms with Gasteiger partial charge in [0.1, 0.15) is 5.75 Å². The summed E-state index contributed by atoms with van der Waals surface area (Å²) in [4.78, 5) is 25.0. The number of phenols is 1. The number of alkyl halides is 3. The third kappa shape index (κ3) is 4.87. The van der Waals surface area contributed by atoms with E-state index >= 15 is 0 Å². The Bertz CT molecular complexity index is 856. The summed E-state index contributed by atoms with van der Waals surface area (Å²) >= 11 is 12.0. The lowest BCUT2D eigenvalue weighted by molar-refractivity contribution is -0.208. The molecule has 3 rings (SSSR count). The van der Waals surface area contributed by atoms with Crippen LogP contribution in [-0.4, -0.2) is 59.0 Å². The van der Waals surface area contributed by atoms with E-state index in [0.29, 0.717) is 5.56 Å². The number of piperidine rings is 1. The van der Waals surface area contributed by atoms with Crippen LogP contribution in [0.3, 0.4) is 0 Å². The highest BCUT2D eigenvalue weighted by Gasteiger charge is 2.49. The van der Waals surface area contributed by atoms with Gasteiger partial charge in [-0.15, -0.1) is 0 Å². The molecule has 0 spiro atoms. The molecule has 0 aromatic heterocycles. The molecule has 12 heteroatoms. The number of aromatic hydroxyl groups is 1. The highest BCUT2D eigenvalue weighted by Crippen LogP contribution is 2.49. The van der Waals surface area contributed by atoms with Crippen LogP contribution in [0, 0.1) is 17.8 Å². The summed E-state index contributed by atoms with van der Waals surface area (Å²) in [5.74, 6) is -3.82. The monoisotopic (exact) mass is 484 g/mol. The lowest BCUT2D eigenvalue weighted by Gasteiger charge is -2.41. The average Bonchev–Trinajstić information content (AvgIpc) is 2.96. The molecule has 7 nitrogen and oxygen atoms in total. The van der Waals surface area contributed by atoms with Crippen molar-refractivity contribution in [3.05, 3.63) is 27.7 Å². The fourth-order valence-corrected chi connectivity index (χ4v) is 4.95. The zero-order chi connectivity index (χ0) is 23.1. The Balaban J connectivity index is 1.73. The van der Waals surface area contributed by atoms with Gasteiger partial charge in [-0.1, -0.05) is 23.2 Å². The Morgan fingerprint density at radius 1 is 1.19 bits per heavy atom. The van der Waals surface area contributed by atoms with Crippen LogP contribution >= 0.6 is 23.2 Å². The van der Waals surface area contributed by atoms with Crippen LogP contribution in [-0.2, 0) is 14.3 Å². The van der Waals surface area contributed by atoms with Gasteiger partial charge in [-0.05, 0) is 36.7 Å². The molecule has 31 heavy (non-hydrogen) atoms. The molecule has 2 aliphatic rings. The topological polar surface area (TPSA) is 113 Å². The zero-order valence-electron chi connectivity index (χ0n) is 16.1. The number of aliphatic hydroxyl groups is 1. The van der Waals surface area contributed by atoms with Crippen LogP contribution in [0.4, 0.5) is 13.2 Å². The second kappa shape index (κ2) is 9.01. The number of fused-ring (bicyclic) bond motifs is 2. The quantitative estimate of drug-likeness (QED) is 0.553. The van der Waals surface area contributed by atoms with Crippen LogP contribution in [0.15, 0.2) is 12.1 Å². The number of likely N-dealkylation sites (tertiary alicyclic amines) is 1. The van der Waals surface area contributed by atoms with E-state index in [4.69, 9.17) is 28.9 Å². The Hall–Kier alpha value is -1.75. The van der Waals surface area contributed by atoms with E-state index in [2.05, 4.69) is 4.74 Å². The van der Waals surface area contributed by atoms with Gasteiger partial charge in [0.05, 0.1) is 16.7 Å². The van der Waals surface area contributed by atoms with Crippen molar-refractivity contribution in [2.45, 2.75) is 31.2 Å². The van der Waals surface area contributed by atoms with Crippen molar-refractivity contribution in [3.8, 4) is 5.75 Å². The lowest BCUT2D eigenvalue weighted by Crippen LogP contribution is -2.52. The van der Waals surface area contributed by atoms with E-state index in [1.807, 2.05) is 0 Å². The van der Waals surface area contributed by atoms with Crippen molar-refractivity contribution in [1.29, 1.82) is 0 Å². The fourth-order valence-electron chi connectivity index (χ4n) is 4.62. The van der Waals surface area contributed by atoms with Gasteiger partial charge in [0.2, 0.25) is 6.10 Å². The number of halogens is 5. The standard InChI is InChI=1S/C19H21Cl2F3N2O5/c20-11-3-10(13(28)4-12(11)21)16(25)15-8-1-2-9(15)6-26(5-8)17(29)14(7-27)31-18(30)19(22,23)24/h3-4,8-9,14-16,27-28H,1-2,5-7,25H2/t8-,9-,14-,16-/m1/s1. The minimum absolute atomic E-state index is 0.0933. The highest BCUT2D eigenvalue weighted by molar-refractivity contribution is 6.42. The summed E-state index contributed by atoms with van der Waals surface area (Å²) in [5.41, 5.74) is 6.85. The number of amides is 1. The van der Waals surface area contributed by atoms with Crippen LogP contribution in [0.2, 0.25) is 10.0 Å². The van der Waals surface area contributed by atoms with E-state index in [0.717, 1.165) is 12.8 Å². The number of esters is 1. The minimum atomic E-state index is -5.27. The molecule has 2 fully saturated rings. The van der Waals surface area contributed by atoms with Crippen molar-refractivity contribution < 1.29 is 37.7 Å². The van der Waals surface area contributed by atoms with Crippen LogP contribution in [0.5, 0.6) is 5.75 Å². The summed E-state index contributed by atoms with van der Waals surface area (Å²) in [5, 5.41) is 20.0. The molecule has 1 aromatic carbocycles. The van der Waals surface area contributed by atoms with Gasteiger partial charge < -0.3 is 25.6 Å². The first kappa shape index (κ1) is 23.9. The molecule has 1 heterocycles. The Morgan fingerprint density at radius 2 is 1.74 bits per heavy atom. The third-order valence-corrected chi connectivity index (χ3v) is 6.71. The summed E-state index contributed by atoms with van der Waals surface area (Å²) in [6.45, 7) is -0.710. The van der Waals surface area contributed by atoms with Crippen molar-refractivity contribution in [2.75, 3.05) is 19.7 Å². The summed E-state index contributed by atoms with van der Waals surface area (Å²) in [6, 6.07) is 2.21. The van der Waals surface area contributed by atoms with Crippen molar-refractivity contribution in [3.63, 3.8) is 0 Å². The number of nitrogens with two attached hydrogens (primary N) is 1. The van der Waals surface area contributed by atoms with Crippen molar-refractivity contribution in [1.82, 2.24) is 4.90 Å². The van der Waals surface area contributed by atoms with Gasteiger partial charge in [-0.3, -0.25) is 4.79 Å². The highest BCUT2D eigenvalue weighted by atomic mass is 35.5. The van der Waals surface area contributed by atoms with Gasteiger partial charge in [0, 0.05) is 30.8 Å². The molecule has 1 aromatic rings. The van der Waals surface area contributed by atoms with Gasteiger partial charge in [0.25, 0.3) is 5.91 Å². The Kier molecular flexibility index (Phi) is 6.95. The zero-order valence-corrected chi connectivity index (χ0v) is 17.6. The number of aliphatic hydroxyl groups excluding tert-OH is 1. The molecule has 1 saturated carbocycles. The van der Waals surface area contributed by atoms with Gasteiger partial charge in [0.15, 0.2) is 0 Å². The van der Waals surface area contributed by atoms with Gasteiger partial charge in [-0.2, -0.15) is 13.2 Å². The van der Waals surface area contributed by atoms with Crippen LogP contribution in [0.1, 0.15) is 24.4 Å². The maximum absolute atomic E-state index is 12.6. The Labute approximate surface area is 185 Å². The number of nitrogens with zero attached hydrogens (tertiary/aromatic N) is 1. The largest absolute Gasteiger partial charge is 0.508 e. The van der Waals surface area contributed by atoms with E-state index in [9.17, 15) is 33.0 Å². The summed E-state index contributed by atoms with van der Waals surface area (Å²) < 4.78 is 41.5. The van der Waals surface area contributed by atoms with Crippen LogP contribution in [0.25, 0.3) is 0 Å². The van der Waals surface area contributed by atoms with Gasteiger partial charge in [-0.25, -0.2) is 4.79 Å². The third-order valence-electron chi connectivity index (χ3n) is 5.98. The number of hydrogen-bond acceptors (Lipinski definition) is 6. The first-order valence-electron chi connectivity index (χ1n) is 9.55. The maximum Gasteiger partial charge on any atom is 0.490 e. The second-order valence-corrected chi connectivity index (χ2v) is 8.66. The van der Waals surface area contributed by atoms with E-state index in [1.165, 1.54) is 17.0 Å². The van der Waals surface area contributed by atoms with E-state index in [1.54, 1.807) is 0 Å². The van der Waals surface area contributed by atoms with Crippen LogP contribution < -0.4 is 5.73 Å². The molecule has 4 atom stereocenters. The molecule has 172 valence electrons. The molecule has 1 aliphatic carbocycles. The molecule has 1 amide bonds. The van der Waals surface area contributed by atoms with E-state index in [-0.39, 0.29) is 46.6 Å². The van der Waals surface area contributed by atoms with Crippen molar-refractivity contribution in [2.24, 2.45) is 23.5 Å². The Morgan fingerprint density at radius 3 is 2.26 bits per heavy atom. The number of carbonyl (C=O) groups excluding carboxylic acids is 2. The normalized spacial score (nSPS) is 25.3. The second-order valence-electron chi connectivity index (χ2n) is 7.84. The molecular weight excluding hydrogens is 464 g/mol. The predicted molar refractivity (Wildman–Crippen MR) is 104 cm³/mol. The summed E-state index contributed by atoms with van der Waals surface area (Å²) in [6.07, 6.45) is -5.76. The van der Waals surface area contributed by atoms with Crippen molar-refractivity contribution >= 4 is 35.1 Å². The van der Waals surface area contributed by atoms with Gasteiger partial charge >= 0.3 is 12.1 Å². The molecule has 1 aliphatic heterocycles.